The van der Waals surface area contributed by atoms with Gasteiger partial charge in [0, 0.05) is 22.0 Å². The van der Waals surface area contributed by atoms with Crippen molar-refractivity contribution in [2.45, 2.75) is 0 Å². The highest BCUT2D eigenvalue weighted by atomic mass is 16.3. The van der Waals surface area contributed by atoms with Gasteiger partial charge in [0.2, 0.25) is 0 Å². The van der Waals surface area contributed by atoms with E-state index >= 15 is 0 Å². The molecule has 1 N–H and O–H groups in total. The number of rotatable bonds is 5. The van der Waals surface area contributed by atoms with Gasteiger partial charge in [-0.25, -0.2) is 9.67 Å². The zero-order chi connectivity index (χ0) is 24.6. The first kappa shape index (κ1) is 21.1. The first-order valence-corrected chi connectivity index (χ1v) is 12.2. The Morgan fingerprint density at radius 2 is 1.32 bits per heavy atom. The molecule has 7 rings (SSSR count). The molecule has 0 aliphatic carbocycles. The topological polar surface area (TPSA) is 55.9 Å². The predicted octanol–water partition coefficient (Wildman–Crippen LogP) is 8.24. The Morgan fingerprint density at radius 1 is 0.649 bits per heavy atom. The van der Waals surface area contributed by atoms with Crippen molar-refractivity contribution in [3.8, 4) is 28.4 Å². The summed E-state index contributed by atoms with van der Waals surface area (Å²) < 4.78 is 7.64. The molecule has 0 aliphatic heterocycles. The number of nitrogens with one attached hydrogen (secondary N) is 1. The van der Waals surface area contributed by atoms with Gasteiger partial charge in [0.25, 0.3) is 0 Å². The molecular weight excluding hydrogens is 456 g/mol. The van der Waals surface area contributed by atoms with Crippen LogP contribution < -0.4 is 5.32 Å². The van der Waals surface area contributed by atoms with E-state index in [1.807, 2.05) is 71.4 Å². The third-order valence-corrected chi connectivity index (χ3v) is 6.52. The number of hydrogen-bond acceptors (Lipinski definition) is 4. The van der Waals surface area contributed by atoms with Crippen LogP contribution in [-0.4, -0.2) is 14.8 Å². The number of anilines is 2. The van der Waals surface area contributed by atoms with E-state index in [4.69, 9.17) is 14.5 Å². The number of fused-ring (bicyclic) bond motifs is 2. The maximum absolute atomic E-state index is 5.71. The summed E-state index contributed by atoms with van der Waals surface area (Å²) in [6.45, 7) is 0. The summed E-state index contributed by atoms with van der Waals surface area (Å²) in [6, 6.07) is 40.9. The van der Waals surface area contributed by atoms with E-state index in [-0.39, 0.29) is 0 Å². The Kier molecular flexibility index (Phi) is 5.03. The molecule has 0 atom stereocenters. The van der Waals surface area contributed by atoms with Gasteiger partial charge in [0.05, 0.1) is 34.4 Å². The third kappa shape index (κ3) is 3.83. The summed E-state index contributed by atoms with van der Waals surface area (Å²) in [4.78, 5) is 4.83. The molecular formula is C32H22N4O. The second-order valence-corrected chi connectivity index (χ2v) is 8.86. The Bertz CT molecular complexity index is 1780. The van der Waals surface area contributed by atoms with Gasteiger partial charge in [-0.2, -0.15) is 5.10 Å². The fraction of sp³-hybridized carbons (Fsp3) is 0. The van der Waals surface area contributed by atoms with E-state index < -0.39 is 0 Å². The SMILES string of the molecule is c1ccc(-n2nc(-c3ccc(Nc4c5ccccc5nc5ccccc45)cc3)cc2-c2ccco2)cc1. The average molecular weight is 479 g/mol. The molecule has 0 radical (unpaired) electrons. The van der Waals surface area contributed by atoms with Crippen LogP contribution in [0.1, 0.15) is 0 Å². The van der Waals surface area contributed by atoms with Crippen molar-refractivity contribution >= 4 is 33.2 Å². The van der Waals surface area contributed by atoms with E-state index in [0.717, 1.165) is 61.6 Å². The molecule has 5 nitrogen and oxygen atoms in total. The van der Waals surface area contributed by atoms with Gasteiger partial charge in [-0.1, -0.05) is 66.7 Å². The molecule has 0 unspecified atom stereocenters. The minimum atomic E-state index is 0.775. The lowest BCUT2D eigenvalue weighted by Gasteiger charge is -2.13. The van der Waals surface area contributed by atoms with Crippen molar-refractivity contribution in [3.05, 3.63) is 128 Å². The lowest BCUT2D eigenvalue weighted by Crippen LogP contribution is -1.98. The van der Waals surface area contributed by atoms with E-state index in [1.165, 1.54) is 0 Å². The molecule has 4 aromatic carbocycles. The molecule has 0 spiro atoms. The van der Waals surface area contributed by atoms with Crippen molar-refractivity contribution in [2.75, 3.05) is 5.32 Å². The minimum Gasteiger partial charge on any atom is -0.463 e. The molecule has 37 heavy (non-hydrogen) atoms. The quantitative estimate of drug-likeness (QED) is 0.253. The molecule has 0 saturated carbocycles. The Morgan fingerprint density at radius 3 is 2.00 bits per heavy atom. The zero-order valence-electron chi connectivity index (χ0n) is 19.9. The van der Waals surface area contributed by atoms with E-state index in [9.17, 15) is 0 Å². The van der Waals surface area contributed by atoms with Crippen molar-refractivity contribution < 1.29 is 4.42 Å². The van der Waals surface area contributed by atoms with Crippen LogP contribution in [0.3, 0.4) is 0 Å². The van der Waals surface area contributed by atoms with Gasteiger partial charge in [0.15, 0.2) is 5.76 Å². The Hall–Kier alpha value is -5.16. The van der Waals surface area contributed by atoms with E-state index in [0.29, 0.717) is 0 Å². The van der Waals surface area contributed by atoms with Crippen molar-refractivity contribution in [1.29, 1.82) is 0 Å². The van der Waals surface area contributed by atoms with Crippen molar-refractivity contribution in [1.82, 2.24) is 14.8 Å². The number of furan rings is 1. The lowest BCUT2D eigenvalue weighted by atomic mass is 10.1. The van der Waals surface area contributed by atoms with Gasteiger partial charge in [0.1, 0.15) is 5.69 Å². The number of para-hydroxylation sites is 3. The average Bonchev–Trinajstić information content (AvgIpc) is 3.65. The first-order chi connectivity index (χ1) is 18.3. The molecule has 7 aromatic rings. The second-order valence-electron chi connectivity index (χ2n) is 8.86. The Labute approximate surface area is 213 Å². The molecule has 176 valence electrons. The predicted molar refractivity (Wildman–Crippen MR) is 149 cm³/mol. The van der Waals surface area contributed by atoms with Crippen LogP contribution in [0, 0.1) is 0 Å². The largest absolute Gasteiger partial charge is 0.463 e. The van der Waals surface area contributed by atoms with Gasteiger partial charge in [-0.3, -0.25) is 0 Å². The van der Waals surface area contributed by atoms with Gasteiger partial charge < -0.3 is 9.73 Å². The highest BCUT2D eigenvalue weighted by Gasteiger charge is 2.15. The lowest BCUT2D eigenvalue weighted by molar-refractivity contribution is 0.577. The number of pyridine rings is 1. The summed E-state index contributed by atoms with van der Waals surface area (Å²) >= 11 is 0. The fourth-order valence-corrected chi connectivity index (χ4v) is 4.73. The van der Waals surface area contributed by atoms with Gasteiger partial charge >= 0.3 is 0 Å². The molecule has 0 saturated heterocycles. The molecule has 0 fully saturated rings. The third-order valence-electron chi connectivity index (χ3n) is 6.52. The maximum atomic E-state index is 5.71. The molecule has 0 aliphatic rings. The number of aromatic nitrogens is 3. The summed E-state index contributed by atoms with van der Waals surface area (Å²) in [5.41, 5.74) is 7.79. The monoisotopic (exact) mass is 478 g/mol. The van der Waals surface area contributed by atoms with E-state index in [2.05, 4.69) is 59.9 Å². The van der Waals surface area contributed by atoms with Crippen LogP contribution in [0.2, 0.25) is 0 Å². The van der Waals surface area contributed by atoms with Crippen molar-refractivity contribution in [3.63, 3.8) is 0 Å². The highest BCUT2D eigenvalue weighted by Crippen LogP contribution is 2.34. The number of hydrogen-bond donors (Lipinski definition) is 1. The molecule has 0 bridgehead atoms. The summed E-state index contributed by atoms with van der Waals surface area (Å²) in [5, 5.41) is 10.8. The summed E-state index contributed by atoms with van der Waals surface area (Å²) in [6.07, 6.45) is 1.68. The summed E-state index contributed by atoms with van der Waals surface area (Å²) in [5.74, 6) is 0.775. The van der Waals surface area contributed by atoms with Gasteiger partial charge in [-0.15, -0.1) is 0 Å². The van der Waals surface area contributed by atoms with Crippen LogP contribution in [0.4, 0.5) is 11.4 Å². The van der Waals surface area contributed by atoms with Crippen LogP contribution in [-0.2, 0) is 0 Å². The molecule has 3 aromatic heterocycles. The van der Waals surface area contributed by atoms with Crippen molar-refractivity contribution in [2.24, 2.45) is 0 Å². The zero-order valence-corrected chi connectivity index (χ0v) is 19.9. The fourth-order valence-electron chi connectivity index (χ4n) is 4.73. The standard InChI is InChI=1S/C32H22N4O/c1-2-9-24(10-3-1)36-30(31-15-8-20-37-31)21-29(35-36)22-16-18-23(19-17-22)33-32-25-11-4-6-13-27(25)34-28-14-7-5-12-26(28)32/h1-21H,(H,33,34). The molecule has 5 heteroatoms. The molecule has 0 amide bonds. The minimum absolute atomic E-state index is 0.775. The highest BCUT2D eigenvalue weighted by molar-refractivity contribution is 6.08. The second kappa shape index (κ2) is 8.81. The van der Waals surface area contributed by atoms with Crippen LogP contribution in [0.15, 0.2) is 132 Å². The maximum Gasteiger partial charge on any atom is 0.152 e. The smallest absolute Gasteiger partial charge is 0.152 e. The van der Waals surface area contributed by atoms with Crippen LogP contribution >= 0.6 is 0 Å². The number of benzene rings is 4. The van der Waals surface area contributed by atoms with Crippen LogP contribution in [0.25, 0.3) is 50.2 Å². The first-order valence-electron chi connectivity index (χ1n) is 12.2. The summed E-state index contributed by atoms with van der Waals surface area (Å²) in [7, 11) is 0. The van der Waals surface area contributed by atoms with Gasteiger partial charge in [-0.05, 0) is 54.6 Å². The molecule has 3 heterocycles. The number of nitrogens with zero attached hydrogens (tertiary/aromatic N) is 3. The Balaban J connectivity index is 1.27. The van der Waals surface area contributed by atoms with E-state index in [1.54, 1.807) is 6.26 Å². The normalized spacial score (nSPS) is 11.2. The van der Waals surface area contributed by atoms with Crippen LogP contribution in [0.5, 0.6) is 0 Å².